The molecule has 15 nitrogen and oxygen atoms in total. The monoisotopic (exact) mass is 1030 g/mol. The number of amides is 1. The van der Waals surface area contributed by atoms with E-state index in [1.54, 1.807) is 19.1 Å². The van der Waals surface area contributed by atoms with Gasteiger partial charge in [-0.15, -0.1) is 0 Å². The van der Waals surface area contributed by atoms with E-state index in [0.29, 0.717) is 53.6 Å². The number of carbonyl (C=O) groups is 1. The summed E-state index contributed by atoms with van der Waals surface area (Å²) in [4.78, 5) is 25.8. The number of benzene rings is 4. The minimum Gasteiger partial charge on any atom is -0.497 e. The molecule has 4 aromatic carbocycles. The van der Waals surface area contributed by atoms with Gasteiger partial charge in [0.1, 0.15) is 35.4 Å². The first-order valence-corrected chi connectivity index (χ1v) is 29.3. The maximum Gasteiger partial charge on any atom is 0.309 e. The highest BCUT2D eigenvalue weighted by molar-refractivity contribution is 7.44. The van der Waals surface area contributed by atoms with Crippen molar-refractivity contribution in [2.75, 3.05) is 38.9 Å². The fourth-order valence-electron chi connectivity index (χ4n) is 9.58. The Bertz CT molecular complexity index is 2770. The van der Waals surface area contributed by atoms with Gasteiger partial charge in [0.15, 0.2) is 26.8 Å². The zero-order valence-electron chi connectivity index (χ0n) is 44.1. The molecule has 1 fully saturated rings. The number of hydrogen-bond acceptors (Lipinski definition) is 12. The van der Waals surface area contributed by atoms with Gasteiger partial charge in [-0.2, -0.15) is 10.2 Å². The van der Waals surface area contributed by atoms with E-state index in [1.165, 1.54) is 6.33 Å². The average Bonchev–Trinajstić information content (AvgIpc) is 3.84. The number of nitriles is 1. The lowest BCUT2D eigenvalue weighted by atomic mass is 9.80. The lowest BCUT2D eigenvalue weighted by Crippen LogP contribution is -2.54. The van der Waals surface area contributed by atoms with Crippen LogP contribution in [0, 0.1) is 11.3 Å². The van der Waals surface area contributed by atoms with Crippen LogP contribution in [0.25, 0.3) is 11.2 Å². The van der Waals surface area contributed by atoms with E-state index in [9.17, 15) is 10.1 Å². The van der Waals surface area contributed by atoms with Crippen molar-refractivity contribution in [3.05, 3.63) is 144 Å². The molecule has 0 saturated carbocycles. The molecule has 8 rings (SSSR count). The van der Waals surface area contributed by atoms with E-state index in [-0.39, 0.29) is 42.7 Å². The Morgan fingerprint density at radius 1 is 0.849 bits per heavy atom. The molecule has 0 aliphatic carbocycles. The van der Waals surface area contributed by atoms with Crippen LogP contribution in [-0.2, 0) is 35.1 Å². The van der Waals surface area contributed by atoms with E-state index in [1.807, 2.05) is 108 Å². The second-order valence-corrected chi connectivity index (χ2v) is 26.8. The molecule has 73 heavy (non-hydrogen) atoms. The number of methoxy groups -OCH3 is 2. The van der Waals surface area contributed by atoms with E-state index < -0.39 is 47.0 Å². The topological polar surface area (TPSA) is 147 Å². The summed E-state index contributed by atoms with van der Waals surface area (Å²) in [6.45, 7) is 20.9. The lowest BCUT2D eigenvalue weighted by Gasteiger charge is -2.42. The first-order chi connectivity index (χ1) is 35.0. The molecule has 0 spiro atoms. The van der Waals surface area contributed by atoms with Crippen molar-refractivity contribution >= 4 is 39.7 Å². The predicted molar refractivity (Wildman–Crippen MR) is 285 cm³/mol. The first-order valence-electron chi connectivity index (χ1n) is 25.2. The number of aryl methyl sites for hydroxylation is 1. The van der Waals surface area contributed by atoms with Crippen LogP contribution in [0.15, 0.2) is 122 Å². The second kappa shape index (κ2) is 22.9. The molecule has 1 amide bonds. The molecule has 5 atom stereocenters. The van der Waals surface area contributed by atoms with Crippen molar-refractivity contribution in [2.24, 2.45) is 0 Å². The fraction of sp³-hybridized carbons (Fsp3) is 0.446. The molecule has 2 aliphatic rings. The van der Waals surface area contributed by atoms with Gasteiger partial charge in [0.25, 0.3) is 14.4 Å². The standard InChI is InChI=1S/C56H71N7O8PSi/c1-39(2)63(40(3)4)72(68-35-18-32-57)70-49-47(36-67-56(42-22-16-13-17-23-42,43-24-28-45(65-8)29-25-43)44-26-30-46(66-9)31-27-44)69-54(50(49)71-73(10,11)55(5,6)7)62-38-60-33-19-34-61(51-48(60)52(62)59-37-58-51)53(64)41-20-14-12-15-21-41/h12-17,20-31,37-40,47,49-50,54H,18-19,33-36H2,1-11H3/q+1/t47-,49-,50-,54-,72?/m1/s1. The van der Waals surface area contributed by atoms with E-state index in [0.717, 1.165) is 16.7 Å². The summed E-state index contributed by atoms with van der Waals surface area (Å²) in [5.41, 5.74) is 3.31. The summed E-state index contributed by atoms with van der Waals surface area (Å²) < 4.78 is 54.8. The SMILES string of the molecule is COc1ccc(C(OC[C@H]2O[C@@H]([n+]3cn4c5c(ncnc53)N(C(=O)c3ccccc3)CCC4)[C@H](O[Si](C)(C)C(C)(C)C)[C@@H]2OP(OCCC#N)N(C(C)C)C(C)C)(c2ccccc2)c2ccc(OC)cc2)cc1. The number of rotatable bonds is 20. The van der Waals surface area contributed by atoms with Crippen LogP contribution in [-0.4, -0.2) is 97.8 Å². The molecule has 2 aromatic heterocycles. The van der Waals surface area contributed by atoms with Crippen LogP contribution in [0.5, 0.6) is 11.5 Å². The minimum absolute atomic E-state index is 0.0196. The Labute approximate surface area is 433 Å². The number of aromatic nitrogens is 4. The molecule has 4 heterocycles. The van der Waals surface area contributed by atoms with Crippen LogP contribution in [0.3, 0.4) is 0 Å². The summed E-state index contributed by atoms with van der Waals surface area (Å²) in [5.74, 6) is 1.81. The highest BCUT2D eigenvalue weighted by atomic mass is 31.2. The van der Waals surface area contributed by atoms with Gasteiger partial charge in [-0.25, -0.2) is 9.24 Å². The second-order valence-electron chi connectivity index (χ2n) is 20.6. The number of ether oxygens (including phenoxy) is 4. The highest BCUT2D eigenvalue weighted by Gasteiger charge is 2.56. The summed E-state index contributed by atoms with van der Waals surface area (Å²) >= 11 is 0. The van der Waals surface area contributed by atoms with Gasteiger partial charge in [-0.3, -0.25) is 14.3 Å². The molecule has 386 valence electrons. The molecule has 17 heteroatoms. The summed E-state index contributed by atoms with van der Waals surface area (Å²) in [5, 5.41) is 9.51. The number of imidazole rings is 1. The third-order valence-corrected chi connectivity index (χ3v) is 20.8. The molecule has 0 radical (unpaired) electrons. The van der Waals surface area contributed by atoms with Gasteiger partial charge in [0.2, 0.25) is 11.7 Å². The third kappa shape index (κ3) is 11.1. The Morgan fingerprint density at radius 2 is 1.44 bits per heavy atom. The maximum atomic E-state index is 14.3. The normalized spacial score (nSPS) is 18.8. The van der Waals surface area contributed by atoms with Gasteiger partial charge in [0.05, 0.1) is 46.5 Å². The van der Waals surface area contributed by atoms with Gasteiger partial charge in [0, 0.05) is 24.2 Å². The van der Waals surface area contributed by atoms with Crippen molar-refractivity contribution in [3.63, 3.8) is 0 Å². The number of hydrogen-bond donors (Lipinski definition) is 0. The zero-order chi connectivity index (χ0) is 52.1. The first kappa shape index (κ1) is 53.7. The Morgan fingerprint density at radius 3 is 2.00 bits per heavy atom. The number of carbonyl (C=O) groups excluding carboxylic acids is 1. The lowest BCUT2D eigenvalue weighted by molar-refractivity contribution is -0.745. The minimum atomic E-state index is -2.66. The highest BCUT2D eigenvalue weighted by Crippen LogP contribution is 2.52. The zero-order valence-corrected chi connectivity index (χ0v) is 46.0. The summed E-state index contributed by atoms with van der Waals surface area (Å²) in [6, 6.07) is 37.7. The molecule has 1 unspecified atom stereocenters. The van der Waals surface area contributed by atoms with Gasteiger partial charge in [-0.1, -0.05) is 98.6 Å². The van der Waals surface area contributed by atoms with Gasteiger partial charge < -0.3 is 32.4 Å². The maximum absolute atomic E-state index is 14.3. The third-order valence-electron chi connectivity index (χ3n) is 14.2. The quantitative estimate of drug-likeness (QED) is 0.0236. The van der Waals surface area contributed by atoms with E-state index in [4.69, 9.17) is 42.4 Å². The van der Waals surface area contributed by atoms with Gasteiger partial charge in [-0.05, 0) is 105 Å². The van der Waals surface area contributed by atoms with Crippen molar-refractivity contribution in [3.8, 4) is 17.6 Å². The Hall–Kier alpha value is -5.60. The van der Waals surface area contributed by atoms with Crippen LogP contribution in [0.2, 0.25) is 18.1 Å². The molecule has 0 bridgehead atoms. The number of anilines is 1. The molecular weight excluding hydrogens is 958 g/mol. The fourth-order valence-corrected chi connectivity index (χ4v) is 12.6. The van der Waals surface area contributed by atoms with Crippen LogP contribution >= 0.6 is 8.53 Å². The van der Waals surface area contributed by atoms with Gasteiger partial charge >= 0.3 is 5.65 Å². The van der Waals surface area contributed by atoms with Crippen molar-refractivity contribution in [2.45, 2.75) is 128 Å². The largest absolute Gasteiger partial charge is 0.497 e. The Kier molecular flexibility index (Phi) is 16.8. The van der Waals surface area contributed by atoms with E-state index >= 15 is 0 Å². The van der Waals surface area contributed by atoms with Crippen LogP contribution in [0.1, 0.15) is 94.6 Å². The molecule has 0 N–H and O–H groups in total. The smallest absolute Gasteiger partial charge is 0.309 e. The summed E-state index contributed by atoms with van der Waals surface area (Å²) in [6.07, 6.45) is 1.30. The van der Waals surface area contributed by atoms with Crippen molar-refractivity contribution in [1.29, 1.82) is 5.26 Å². The molecule has 6 aromatic rings. The summed E-state index contributed by atoms with van der Waals surface area (Å²) in [7, 11) is -1.17. The van der Waals surface area contributed by atoms with E-state index in [2.05, 4.69) is 89.0 Å². The van der Waals surface area contributed by atoms with Crippen molar-refractivity contribution < 1.29 is 41.8 Å². The van der Waals surface area contributed by atoms with Crippen molar-refractivity contribution in [1.82, 2.24) is 19.2 Å². The molecule has 2 aliphatic heterocycles. The van der Waals surface area contributed by atoms with Crippen LogP contribution in [0.4, 0.5) is 5.82 Å². The van der Waals surface area contributed by atoms with Crippen LogP contribution < -0.4 is 18.9 Å². The predicted octanol–water partition coefficient (Wildman–Crippen LogP) is 10.7. The molecule has 1 saturated heterocycles. The number of nitrogens with zero attached hydrogens (tertiary/aromatic N) is 7. The Balaban J connectivity index is 1.32. The average molecular weight is 1030 g/mol. The molecular formula is C56H71N7O8PSi+.